The Kier molecular flexibility index (Phi) is 7.10. The van der Waals surface area contributed by atoms with E-state index in [0.29, 0.717) is 22.9 Å². The highest BCUT2D eigenvalue weighted by Gasteiger charge is 2.14. The number of amides is 1. The van der Waals surface area contributed by atoms with E-state index in [1.54, 1.807) is 42.5 Å². The van der Waals surface area contributed by atoms with Crippen LogP contribution in [-0.2, 0) is 23.1 Å². The fourth-order valence-electron chi connectivity index (χ4n) is 2.71. The van der Waals surface area contributed by atoms with Crippen LogP contribution >= 0.6 is 11.6 Å². The van der Waals surface area contributed by atoms with Crippen molar-refractivity contribution in [2.75, 3.05) is 7.11 Å². The van der Waals surface area contributed by atoms with Crippen molar-refractivity contribution in [1.29, 1.82) is 0 Å². The van der Waals surface area contributed by atoms with Gasteiger partial charge in [0, 0.05) is 23.7 Å². The molecule has 0 fully saturated rings. The number of rotatable bonds is 8. The summed E-state index contributed by atoms with van der Waals surface area (Å²) >= 11 is 6.09. The molecule has 0 radical (unpaired) electrons. The Labute approximate surface area is 180 Å². The Hall–Kier alpha value is -2.87. The van der Waals surface area contributed by atoms with Crippen LogP contribution in [0.1, 0.15) is 21.5 Å². The lowest BCUT2D eigenvalue weighted by Crippen LogP contribution is -2.24. The number of ether oxygens (including phenoxy) is 1. The smallest absolute Gasteiger partial charge is 0.251 e. The van der Waals surface area contributed by atoms with Crippen LogP contribution in [0.2, 0.25) is 5.02 Å². The largest absolute Gasteiger partial charge is 0.497 e. The van der Waals surface area contributed by atoms with Gasteiger partial charge in [0.1, 0.15) is 5.75 Å². The molecule has 0 saturated carbocycles. The maximum atomic E-state index is 12.4. The van der Waals surface area contributed by atoms with Crippen LogP contribution in [0.3, 0.4) is 0 Å². The molecule has 0 aliphatic rings. The summed E-state index contributed by atoms with van der Waals surface area (Å²) in [5.74, 6) is 0.345. The average molecular weight is 445 g/mol. The highest BCUT2D eigenvalue weighted by Crippen LogP contribution is 2.16. The molecule has 1 amide bonds. The number of carbonyl (C=O) groups excluding carboxylic acids is 1. The first kappa shape index (κ1) is 21.8. The lowest BCUT2D eigenvalue weighted by molar-refractivity contribution is 0.0951. The van der Waals surface area contributed by atoms with Crippen molar-refractivity contribution in [3.8, 4) is 5.75 Å². The summed E-state index contributed by atoms with van der Waals surface area (Å²) in [5, 5.41) is 3.41. The number of hydrogen-bond donors (Lipinski definition) is 2. The minimum Gasteiger partial charge on any atom is -0.497 e. The van der Waals surface area contributed by atoms with Gasteiger partial charge < -0.3 is 10.1 Å². The van der Waals surface area contributed by atoms with Crippen molar-refractivity contribution in [1.82, 2.24) is 10.0 Å². The number of sulfonamides is 1. The second-order valence-electron chi connectivity index (χ2n) is 6.47. The highest BCUT2D eigenvalue weighted by atomic mass is 35.5. The van der Waals surface area contributed by atoms with E-state index < -0.39 is 10.0 Å². The van der Waals surface area contributed by atoms with E-state index in [1.807, 2.05) is 18.2 Å². The summed E-state index contributed by atoms with van der Waals surface area (Å²) in [6, 6.07) is 20.2. The minimum absolute atomic E-state index is 0.107. The van der Waals surface area contributed by atoms with Gasteiger partial charge in [0.05, 0.1) is 12.0 Å². The Morgan fingerprint density at radius 2 is 1.60 bits per heavy atom. The standard InChI is InChI=1S/C22H21ClN2O4S/c1-29-19-10-12-20(13-11-19)30(27,28)25-14-16-6-8-17(9-7-16)22(26)24-15-18-4-2-3-5-21(18)23/h2-13,25H,14-15H2,1H3,(H,24,26). The molecule has 3 aromatic carbocycles. The number of carbonyl (C=O) groups is 1. The van der Waals surface area contributed by atoms with E-state index in [2.05, 4.69) is 10.0 Å². The number of nitrogens with one attached hydrogen (secondary N) is 2. The van der Waals surface area contributed by atoms with Gasteiger partial charge in [-0.05, 0) is 53.6 Å². The van der Waals surface area contributed by atoms with Crippen LogP contribution in [0.15, 0.2) is 77.7 Å². The molecule has 156 valence electrons. The maximum absolute atomic E-state index is 12.4. The molecule has 0 bridgehead atoms. The van der Waals surface area contributed by atoms with E-state index in [9.17, 15) is 13.2 Å². The van der Waals surface area contributed by atoms with E-state index >= 15 is 0 Å². The Morgan fingerprint density at radius 3 is 2.23 bits per heavy atom. The van der Waals surface area contributed by atoms with Crippen molar-refractivity contribution in [2.45, 2.75) is 18.0 Å². The lowest BCUT2D eigenvalue weighted by atomic mass is 10.1. The van der Waals surface area contributed by atoms with Crippen LogP contribution in [0.4, 0.5) is 0 Å². The molecule has 8 heteroatoms. The first-order valence-electron chi connectivity index (χ1n) is 9.13. The molecular formula is C22H21ClN2O4S. The Balaban J connectivity index is 1.57. The molecular weight excluding hydrogens is 424 g/mol. The molecule has 0 spiro atoms. The molecule has 30 heavy (non-hydrogen) atoms. The third-order valence-electron chi connectivity index (χ3n) is 4.45. The lowest BCUT2D eigenvalue weighted by Gasteiger charge is -2.09. The number of halogens is 1. The quantitative estimate of drug-likeness (QED) is 0.554. The topological polar surface area (TPSA) is 84.5 Å². The van der Waals surface area contributed by atoms with E-state index in [4.69, 9.17) is 16.3 Å². The van der Waals surface area contributed by atoms with Crippen LogP contribution in [0, 0.1) is 0 Å². The molecule has 0 heterocycles. The van der Waals surface area contributed by atoms with Gasteiger partial charge in [0.25, 0.3) is 5.91 Å². The molecule has 0 aliphatic heterocycles. The van der Waals surface area contributed by atoms with Crippen molar-refractivity contribution >= 4 is 27.5 Å². The zero-order chi connectivity index (χ0) is 21.6. The van der Waals surface area contributed by atoms with Crippen molar-refractivity contribution in [2.24, 2.45) is 0 Å². The second kappa shape index (κ2) is 9.75. The maximum Gasteiger partial charge on any atom is 0.251 e. The van der Waals surface area contributed by atoms with E-state index in [0.717, 1.165) is 11.1 Å². The monoisotopic (exact) mass is 444 g/mol. The fourth-order valence-corrected chi connectivity index (χ4v) is 3.93. The average Bonchev–Trinajstić information content (AvgIpc) is 2.77. The minimum atomic E-state index is -3.65. The third kappa shape index (κ3) is 5.60. The SMILES string of the molecule is COc1ccc(S(=O)(=O)NCc2ccc(C(=O)NCc3ccccc3Cl)cc2)cc1. The van der Waals surface area contributed by atoms with Crippen LogP contribution in [-0.4, -0.2) is 21.4 Å². The van der Waals surface area contributed by atoms with Gasteiger partial charge in [0.2, 0.25) is 10.0 Å². The number of benzene rings is 3. The fraction of sp³-hybridized carbons (Fsp3) is 0.136. The number of hydrogen-bond acceptors (Lipinski definition) is 4. The molecule has 3 rings (SSSR count). The Morgan fingerprint density at radius 1 is 0.933 bits per heavy atom. The van der Waals surface area contributed by atoms with Crippen molar-refractivity contribution in [3.63, 3.8) is 0 Å². The van der Waals surface area contributed by atoms with Gasteiger partial charge in [-0.3, -0.25) is 4.79 Å². The molecule has 6 nitrogen and oxygen atoms in total. The molecule has 3 aromatic rings. The normalized spacial score (nSPS) is 11.1. The summed E-state index contributed by atoms with van der Waals surface area (Å²) in [4.78, 5) is 12.5. The molecule has 0 aliphatic carbocycles. The molecule has 0 atom stereocenters. The van der Waals surface area contributed by atoms with Gasteiger partial charge in [-0.15, -0.1) is 0 Å². The zero-order valence-corrected chi connectivity index (χ0v) is 17.8. The summed E-state index contributed by atoms with van der Waals surface area (Å²) in [6.07, 6.45) is 0. The van der Waals surface area contributed by atoms with Crippen molar-refractivity contribution in [3.05, 3.63) is 94.5 Å². The second-order valence-corrected chi connectivity index (χ2v) is 8.65. The number of methoxy groups -OCH3 is 1. The van der Waals surface area contributed by atoms with Crippen LogP contribution in [0.5, 0.6) is 5.75 Å². The molecule has 2 N–H and O–H groups in total. The third-order valence-corrected chi connectivity index (χ3v) is 6.24. The van der Waals surface area contributed by atoms with Gasteiger partial charge >= 0.3 is 0 Å². The summed E-state index contributed by atoms with van der Waals surface area (Å²) < 4.78 is 32.4. The summed E-state index contributed by atoms with van der Waals surface area (Å²) in [6.45, 7) is 0.428. The first-order valence-corrected chi connectivity index (χ1v) is 11.0. The first-order chi connectivity index (χ1) is 14.4. The van der Waals surface area contributed by atoms with Gasteiger partial charge in [0.15, 0.2) is 0 Å². The Bertz CT molecular complexity index is 1110. The van der Waals surface area contributed by atoms with E-state index in [-0.39, 0.29) is 17.3 Å². The highest BCUT2D eigenvalue weighted by molar-refractivity contribution is 7.89. The summed E-state index contributed by atoms with van der Waals surface area (Å²) in [5.41, 5.74) is 2.04. The predicted octanol–water partition coefficient (Wildman–Crippen LogP) is 3.76. The van der Waals surface area contributed by atoms with Gasteiger partial charge in [-0.25, -0.2) is 13.1 Å². The summed E-state index contributed by atoms with van der Waals surface area (Å²) in [7, 11) is -2.13. The van der Waals surface area contributed by atoms with Gasteiger partial charge in [-0.2, -0.15) is 0 Å². The van der Waals surface area contributed by atoms with Crippen molar-refractivity contribution < 1.29 is 17.9 Å². The van der Waals surface area contributed by atoms with Crippen LogP contribution in [0.25, 0.3) is 0 Å². The van der Waals surface area contributed by atoms with Crippen LogP contribution < -0.4 is 14.8 Å². The zero-order valence-electron chi connectivity index (χ0n) is 16.3. The molecule has 0 saturated heterocycles. The molecule has 0 unspecified atom stereocenters. The molecule has 0 aromatic heterocycles. The van der Waals surface area contributed by atoms with Gasteiger partial charge in [-0.1, -0.05) is 41.9 Å². The predicted molar refractivity (Wildman–Crippen MR) is 116 cm³/mol. The van der Waals surface area contributed by atoms with E-state index in [1.165, 1.54) is 19.2 Å².